The van der Waals surface area contributed by atoms with Crippen molar-refractivity contribution in [3.05, 3.63) is 22.4 Å². The first-order chi connectivity index (χ1) is 12.1. The maximum atomic E-state index is 12.6. The molecule has 5 nitrogen and oxygen atoms in total. The molecule has 1 atom stereocenters. The summed E-state index contributed by atoms with van der Waals surface area (Å²) in [6, 6.07) is 2.03. The van der Waals surface area contributed by atoms with Crippen molar-refractivity contribution < 1.29 is 9.59 Å². The SMILES string of the molecule is CC(CC(=O)N1CCC(NC(=O)c2ccsc2)CC1)C1CCNCC1.Cl. The largest absolute Gasteiger partial charge is 0.349 e. The van der Waals surface area contributed by atoms with Crippen LogP contribution in [0.1, 0.15) is 49.4 Å². The van der Waals surface area contributed by atoms with Gasteiger partial charge in [0.15, 0.2) is 0 Å². The zero-order chi connectivity index (χ0) is 17.6. The number of halogens is 1. The summed E-state index contributed by atoms with van der Waals surface area (Å²) in [5, 5.41) is 10.3. The molecule has 2 aliphatic heterocycles. The minimum Gasteiger partial charge on any atom is -0.349 e. The Morgan fingerprint density at radius 3 is 2.58 bits per heavy atom. The molecule has 3 rings (SSSR count). The minimum atomic E-state index is 0. The van der Waals surface area contributed by atoms with Gasteiger partial charge in [0.05, 0.1) is 0 Å². The Kier molecular flexibility index (Phi) is 8.38. The summed E-state index contributed by atoms with van der Waals surface area (Å²) in [6.45, 7) is 5.90. The number of hydrogen-bond donors (Lipinski definition) is 2. The van der Waals surface area contributed by atoms with E-state index in [1.807, 2.05) is 21.7 Å². The van der Waals surface area contributed by atoms with E-state index in [9.17, 15) is 9.59 Å². The van der Waals surface area contributed by atoms with E-state index in [-0.39, 0.29) is 30.3 Å². The molecule has 1 unspecified atom stereocenters. The molecule has 2 aliphatic rings. The molecule has 26 heavy (non-hydrogen) atoms. The molecule has 1 aromatic rings. The van der Waals surface area contributed by atoms with Crippen LogP contribution in [0.4, 0.5) is 0 Å². The van der Waals surface area contributed by atoms with Gasteiger partial charge in [0.1, 0.15) is 0 Å². The number of nitrogens with zero attached hydrogens (tertiary/aromatic N) is 1. The standard InChI is InChI=1S/C19H29N3O2S.ClH/c1-14(15-2-7-20-8-3-15)12-18(23)22-9-4-17(5-10-22)21-19(24)16-6-11-25-13-16;/h6,11,13-15,17,20H,2-5,7-10,12H2,1H3,(H,21,24);1H. The van der Waals surface area contributed by atoms with Gasteiger partial charge >= 0.3 is 0 Å². The summed E-state index contributed by atoms with van der Waals surface area (Å²) >= 11 is 1.53. The van der Waals surface area contributed by atoms with Crippen LogP contribution in [0.5, 0.6) is 0 Å². The van der Waals surface area contributed by atoms with Crippen molar-refractivity contribution in [3.8, 4) is 0 Å². The summed E-state index contributed by atoms with van der Waals surface area (Å²) in [5.41, 5.74) is 0.735. The van der Waals surface area contributed by atoms with Gasteiger partial charge in [-0.3, -0.25) is 9.59 Å². The van der Waals surface area contributed by atoms with Crippen LogP contribution in [0, 0.1) is 11.8 Å². The third-order valence-electron chi connectivity index (χ3n) is 5.65. The molecule has 7 heteroatoms. The zero-order valence-electron chi connectivity index (χ0n) is 15.4. The molecule has 0 aromatic carbocycles. The number of likely N-dealkylation sites (tertiary alicyclic amines) is 1. The maximum absolute atomic E-state index is 12.6. The molecule has 2 fully saturated rings. The molecule has 0 aliphatic carbocycles. The number of nitrogens with one attached hydrogen (secondary N) is 2. The molecule has 0 bridgehead atoms. The summed E-state index contributed by atoms with van der Waals surface area (Å²) in [5.74, 6) is 1.43. The lowest BCUT2D eigenvalue weighted by Gasteiger charge is -2.34. The van der Waals surface area contributed by atoms with Crippen LogP contribution in [-0.2, 0) is 4.79 Å². The van der Waals surface area contributed by atoms with E-state index in [2.05, 4.69) is 17.6 Å². The Morgan fingerprint density at radius 2 is 1.96 bits per heavy atom. The van der Waals surface area contributed by atoms with E-state index in [1.54, 1.807) is 0 Å². The average Bonchev–Trinajstić information content (AvgIpc) is 3.18. The minimum absolute atomic E-state index is 0. The molecule has 1 aromatic heterocycles. The van der Waals surface area contributed by atoms with Gasteiger partial charge in [0.2, 0.25) is 5.91 Å². The van der Waals surface area contributed by atoms with Crippen LogP contribution in [0.15, 0.2) is 16.8 Å². The van der Waals surface area contributed by atoms with E-state index in [0.29, 0.717) is 18.3 Å². The highest BCUT2D eigenvalue weighted by molar-refractivity contribution is 7.08. The second kappa shape index (κ2) is 10.3. The average molecular weight is 400 g/mol. The number of thiophene rings is 1. The van der Waals surface area contributed by atoms with Crippen LogP contribution in [-0.4, -0.2) is 48.9 Å². The van der Waals surface area contributed by atoms with Gasteiger partial charge < -0.3 is 15.5 Å². The molecular weight excluding hydrogens is 370 g/mol. The van der Waals surface area contributed by atoms with Gasteiger partial charge in [0, 0.05) is 36.5 Å². The van der Waals surface area contributed by atoms with Crippen molar-refractivity contribution in [3.63, 3.8) is 0 Å². The highest BCUT2D eigenvalue weighted by Crippen LogP contribution is 2.25. The van der Waals surface area contributed by atoms with Crippen molar-refractivity contribution in [1.29, 1.82) is 0 Å². The highest BCUT2D eigenvalue weighted by Gasteiger charge is 2.27. The van der Waals surface area contributed by atoms with Crippen molar-refractivity contribution in [2.24, 2.45) is 11.8 Å². The molecule has 2 amide bonds. The second-order valence-corrected chi connectivity index (χ2v) is 8.19. The molecule has 0 spiro atoms. The van der Waals surface area contributed by atoms with Crippen LogP contribution in [0.2, 0.25) is 0 Å². The topological polar surface area (TPSA) is 61.4 Å². The van der Waals surface area contributed by atoms with Crippen LogP contribution >= 0.6 is 23.7 Å². The normalized spacial score (nSPS) is 20.3. The van der Waals surface area contributed by atoms with Gasteiger partial charge in [-0.05, 0) is 62.1 Å². The lowest BCUT2D eigenvalue weighted by atomic mass is 9.84. The molecular formula is C19H30ClN3O2S. The molecule has 0 radical (unpaired) electrons. The predicted octanol–water partition coefficient (Wildman–Crippen LogP) is 2.92. The number of rotatable bonds is 5. The Morgan fingerprint density at radius 1 is 1.27 bits per heavy atom. The Balaban J connectivity index is 0.00000243. The van der Waals surface area contributed by atoms with E-state index >= 15 is 0 Å². The van der Waals surface area contributed by atoms with E-state index in [1.165, 1.54) is 24.2 Å². The first-order valence-corrected chi connectivity index (χ1v) is 10.4. The zero-order valence-corrected chi connectivity index (χ0v) is 17.0. The van der Waals surface area contributed by atoms with Gasteiger partial charge in [-0.25, -0.2) is 0 Å². The van der Waals surface area contributed by atoms with Crippen molar-refractivity contribution in [1.82, 2.24) is 15.5 Å². The Hall–Kier alpha value is -1.11. The van der Waals surface area contributed by atoms with Gasteiger partial charge in [-0.2, -0.15) is 11.3 Å². The summed E-state index contributed by atoms with van der Waals surface area (Å²) < 4.78 is 0. The fraction of sp³-hybridized carbons (Fsp3) is 0.684. The van der Waals surface area contributed by atoms with Crippen LogP contribution in [0.25, 0.3) is 0 Å². The van der Waals surface area contributed by atoms with Gasteiger partial charge in [-0.15, -0.1) is 12.4 Å². The quantitative estimate of drug-likeness (QED) is 0.800. The van der Waals surface area contributed by atoms with Crippen molar-refractivity contribution in [2.75, 3.05) is 26.2 Å². The van der Waals surface area contributed by atoms with Gasteiger partial charge in [-0.1, -0.05) is 6.92 Å². The van der Waals surface area contributed by atoms with Crippen LogP contribution in [0.3, 0.4) is 0 Å². The molecule has 2 saturated heterocycles. The monoisotopic (exact) mass is 399 g/mol. The summed E-state index contributed by atoms with van der Waals surface area (Å²) in [6.07, 6.45) is 4.74. The lowest BCUT2D eigenvalue weighted by Crippen LogP contribution is -2.47. The fourth-order valence-corrected chi connectivity index (χ4v) is 4.56. The number of piperidine rings is 2. The summed E-state index contributed by atoms with van der Waals surface area (Å²) in [4.78, 5) is 26.7. The van der Waals surface area contributed by atoms with Gasteiger partial charge in [0.25, 0.3) is 5.91 Å². The molecule has 3 heterocycles. The Labute approximate surface area is 166 Å². The number of amides is 2. The number of carbonyl (C=O) groups is 2. The first kappa shape index (κ1) is 21.2. The lowest BCUT2D eigenvalue weighted by molar-refractivity contribution is -0.133. The molecule has 2 N–H and O–H groups in total. The third-order valence-corrected chi connectivity index (χ3v) is 6.33. The highest BCUT2D eigenvalue weighted by atomic mass is 35.5. The maximum Gasteiger partial charge on any atom is 0.252 e. The number of hydrogen-bond acceptors (Lipinski definition) is 4. The van der Waals surface area contributed by atoms with E-state index in [0.717, 1.165) is 44.6 Å². The van der Waals surface area contributed by atoms with E-state index in [4.69, 9.17) is 0 Å². The smallest absolute Gasteiger partial charge is 0.252 e. The van der Waals surface area contributed by atoms with Crippen LogP contribution < -0.4 is 10.6 Å². The third kappa shape index (κ3) is 5.69. The molecule has 0 saturated carbocycles. The molecule has 146 valence electrons. The Bertz CT molecular complexity index is 567. The van der Waals surface area contributed by atoms with E-state index < -0.39 is 0 Å². The summed E-state index contributed by atoms with van der Waals surface area (Å²) in [7, 11) is 0. The number of carbonyl (C=O) groups excluding carboxylic acids is 2. The first-order valence-electron chi connectivity index (χ1n) is 9.45. The van der Waals surface area contributed by atoms with Crippen molar-refractivity contribution in [2.45, 2.75) is 45.1 Å². The van der Waals surface area contributed by atoms with Crippen molar-refractivity contribution >= 4 is 35.6 Å². The fourth-order valence-electron chi connectivity index (χ4n) is 3.92. The second-order valence-electron chi connectivity index (χ2n) is 7.41. The predicted molar refractivity (Wildman–Crippen MR) is 108 cm³/mol.